The summed E-state index contributed by atoms with van der Waals surface area (Å²) in [5.41, 5.74) is 2.47. The Hall–Kier alpha value is -2.94. The molecule has 4 heterocycles. The first kappa shape index (κ1) is 17.2. The second kappa shape index (κ2) is 6.59. The van der Waals surface area contributed by atoms with E-state index in [4.69, 9.17) is 14.5 Å². The first-order valence-electron chi connectivity index (χ1n) is 9.53. The fourth-order valence-electron chi connectivity index (χ4n) is 3.76. The van der Waals surface area contributed by atoms with Crippen molar-refractivity contribution in [3.05, 3.63) is 30.9 Å². The smallest absolute Gasteiger partial charge is 0.252 e. The van der Waals surface area contributed by atoms with Crippen molar-refractivity contribution in [2.45, 2.75) is 50.5 Å². The molecule has 2 fully saturated rings. The van der Waals surface area contributed by atoms with Gasteiger partial charge in [-0.25, -0.2) is 9.50 Å². The lowest BCUT2D eigenvalue weighted by Gasteiger charge is -2.15. The van der Waals surface area contributed by atoms with Gasteiger partial charge in [0.05, 0.1) is 30.4 Å². The minimum Gasteiger partial charge on any atom is -0.473 e. The van der Waals surface area contributed by atoms with Crippen LogP contribution in [0.1, 0.15) is 26.2 Å². The zero-order chi connectivity index (χ0) is 19.3. The molecule has 0 spiro atoms. The molecule has 1 aliphatic carbocycles. The third-order valence-electron chi connectivity index (χ3n) is 5.34. The molecule has 0 unspecified atom stereocenters. The van der Waals surface area contributed by atoms with Gasteiger partial charge in [-0.15, -0.1) is 0 Å². The minimum absolute atomic E-state index is 0.00167. The molecule has 28 heavy (non-hydrogen) atoms. The second-order valence-electron chi connectivity index (χ2n) is 7.52. The number of nitrogens with zero attached hydrogens (tertiary/aromatic N) is 5. The first-order chi connectivity index (χ1) is 13.6. The molecule has 3 aromatic heterocycles. The van der Waals surface area contributed by atoms with E-state index in [0.29, 0.717) is 5.88 Å². The Bertz CT molecular complexity index is 1030. The van der Waals surface area contributed by atoms with E-state index in [0.717, 1.165) is 36.0 Å². The first-order valence-corrected chi connectivity index (χ1v) is 9.53. The Morgan fingerprint density at radius 2 is 2.18 bits per heavy atom. The fraction of sp³-hybridized carbons (Fsp3) is 0.474. The average Bonchev–Trinajstić information content (AvgIpc) is 3.07. The van der Waals surface area contributed by atoms with Crippen LogP contribution in [-0.4, -0.2) is 54.6 Å². The molecule has 1 amide bonds. The lowest BCUT2D eigenvalue weighted by Crippen LogP contribution is -2.37. The highest BCUT2D eigenvalue weighted by Gasteiger charge is 2.42. The SMILES string of the molecule is C[C@@H]1O[C@H]1C(=O)N[C@H]1CC[C@@H](Oc2nc(-c3cnn(C)c3)cn3nccc23)C1. The van der Waals surface area contributed by atoms with Gasteiger partial charge in [0.2, 0.25) is 5.88 Å². The molecule has 0 aromatic carbocycles. The minimum atomic E-state index is -0.288. The predicted octanol–water partition coefficient (Wildman–Crippen LogP) is 1.33. The molecular formula is C19H22N6O3. The van der Waals surface area contributed by atoms with E-state index < -0.39 is 0 Å². The monoisotopic (exact) mass is 382 g/mol. The van der Waals surface area contributed by atoms with Gasteiger partial charge in [-0.2, -0.15) is 10.2 Å². The lowest BCUT2D eigenvalue weighted by molar-refractivity contribution is -0.123. The summed E-state index contributed by atoms with van der Waals surface area (Å²) >= 11 is 0. The number of epoxide rings is 1. The van der Waals surface area contributed by atoms with Crippen LogP contribution >= 0.6 is 0 Å². The largest absolute Gasteiger partial charge is 0.473 e. The van der Waals surface area contributed by atoms with E-state index in [-0.39, 0.29) is 30.3 Å². The number of aromatic nitrogens is 5. The number of amides is 1. The van der Waals surface area contributed by atoms with Gasteiger partial charge in [-0.1, -0.05) is 0 Å². The molecule has 3 aromatic rings. The van der Waals surface area contributed by atoms with Crippen molar-refractivity contribution in [2.75, 3.05) is 0 Å². The van der Waals surface area contributed by atoms with Crippen molar-refractivity contribution in [3.8, 4) is 17.1 Å². The van der Waals surface area contributed by atoms with E-state index in [1.807, 2.05) is 32.4 Å². The topological polar surface area (TPSA) is 98.9 Å². The molecule has 1 saturated carbocycles. The van der Waals surface area contributed by atoms with Gasteiger partial charge in [0.1, 0.15) is 11.6 Å². The van der Waals surface area contributed by atoms with Crippen LogP contribution in [0.25, 0.3) is 16.8 Å². The van der Waals surface area contributed by atoms with E-state index in [9.17, 15) is 4.79 Å². The Labute approximate surface area is 161 Å². The highest BCUT2D eigenvalue weighted by molar-refractivity contribution is 5.83. The summed E-state index contributed by atoms with van der Waals surface area (Å²) in [5.74, 6) is 0.531. The van der Waals surface area contributed by atoms with Gasteiger partial charge in [-0.3, -0.25) is 9.48 Å². The summed E-state index contributed by atoms with van der Waals surface area (Å²) < 4.78 is 15.0. The Morgan fingerprint density at radius 1 is 1.32 bits per heavy atom. The summed E-state index contributed by atoms with van der Waals surface area (Å²) in [7, 11) is 1.87. The molecule has 0 radical (unpaired) electrons. The summed E-state index contributed by atoms with van der Waals surface area (Å²) in [6.45, 7) is 1.91. The molecule has 146 valence electrons. The summed E-state index contributed by atoms with van der Waals surface area (Å²) in [6.07, 6.45) is 9.52. The molecule has 5 rings (SSSR count). The standard InChI is InChI=1S/C19H22N6O3/c1-11-17(27-11)18(26)22-13-3-4-14(7-13)28-19-16-5-6-20-25(16)10-15(23-19)12-8-21-24(2)9-12/h5-6,8-11,13-14,17H,3-4,7H2,1-2H3,(H,22,26)/t11-,13-,14+,17+/m0/s1. The zero-order valence-electron chi connectivity index (χ0n) is 15.8. The molecular weight excluding hydrogens is 360 g/mol. The molecule has 9 nitrogen and oxygen atoms in total. The van der Waals surface area contributed by atoms with Crippen LogP contribution in [0.3, 0.4) is 0 Å². The maximum Gasteiger partial charge on any atom is 0.252 e. The average molecular weight is 382 g/mol. The third-order valence-corrected chi connectivity index (χ3v) is 5.34. The van der Waals surface area contributed by atoms with Crippen LogP contribution in [0, 0.1) is 0 Å². The van der Waals surface area contributed by atoms with Crippen LogP contribution in [0.5, 0.6) is 5.88 Å². The van der Waals surface area contributed by atoms with Crippen molar-refractivity contribution in [2.24, 2.45) is 7.05 Å². The molecule has 9 heteroatoms. The summed E-state index contributed by atoms with van der Waals surface area (Å²) in [4.78, 5) is 16.8. The number of hydrogen-bond donors (Lipinski definition) is 1. The quantitative estimate of drug-likeness (QED) is 0.669. The van der Waals surface area contributed by atoms with E-state index in [1.165, 1.54) is 0 Å². The zero-order valence-corrected chi connectivity index (χ0v) is 15.8. The summed E-state index contributed by atoms with van der Waals surface area (Å²) in [5, 5.41) is 11.6. The van der Waals surface area contributed by atoms with Crippen LogP contribution in [0.4, 0.5) is 0 Å². The molecule has 1 N–H and O–H groups in total. The number of nitrogens with one attached hydrogen (secondary N) is 1. The van der Waals surface area contributed by atoms with Crippen LogP contribution in [-0.2, 0) is 16.6 Å². The lowest BCUT2D eigenvalue weighted by atomic mass is 10.2. The number of hydrogen-bond acceptors (Lipinski definition) is 6. The highest BCUT2D eigenvalue weighted by atomic mass is 16.6. The predicted molar refractivity (Wildman–Crippen MR) is 99.7 cm³/mol. The van der Waals surface area contributed by atoms with E-state index in [2.05, 4.69) is 15.5 Å². The maximum absolute atomic E-state index is 12.1. The fourth-order valence-corrected chi connectivity index (χ4v) is 3.76. The van der Waals surface area contributed by atoms with Gasteiger partial charge < -0.3 is 14.8 Å². The maximum atomic E-state index is 12.1. The van der Waals surface area contributed by atoms with Crippen molar-refractivity contribution in [3.63, 3.8) is 0 Å². The number of carbonyl (C=O) groups excluding carboxylic acids is 1. The van der Waals surface area contributed by atoms with Crippen LogP contribution in [0.15, 0.2) is 30.9 Å². The third kappa shape index (κ3) is 3.22. The van der Waals surface area contributed by atoms with Gasteiger partial charge in [-0.05, 0) is 25.8 Å². The number of rotatable bonds is 5. The van der Waals surface area contributed by atoms with E-state index in [1.54, 1.807) is 21.6 Å². The van der Waals surface area contributed by atoms with Crippen molar-refractivity contribution < 1.29 is 14.3 Å². The molecule has 4 atom stereocenters. The molecule has 0 bridgehead atoms. The molecule has 1 saturated heterocycles. The Balaban J connectivity index is 1.32. The molecule has 1 aliphatic heterocycles. The Kier molecular flexibility index (Phi) is 4.04. The van der Waals surface area contributed by atoms with Crippen molar-refractivity contribution in [1.82, 2.24) is 29.7 Å². The van der Waals surface area contributed by atoms with E-state index >= 15 is 0 Å². The van der Waals surface area contributed by atoms with Gasteiger partial charge in [0, 0.05) is 31.3 Å². The van der Waals surface area contributed by atoms with Gasteiger partial charge in [0.25, 0.3) is 5.91 Å². The van der Waals surface area contributed by atoms with Crippen molar-refractivity contribution in [1.29, 1.82) is 0 Å². The number of fused-ring (bicyclic) bond motifs is 1. The number of ether oxygens (including phenoxy) is 2. The molecule has 2 aliphatic rings. The number of aryl methyl sites for hydroxylation is 1. The van der Waals surface area contributed by atoms with Crippen molar-refractivity contribution >= 4 is 11.4 Å². The normalized spacial score (nSPS) is 26.5. The van der Waals surface area contributed by atoms with Gasteiger partial charge in [0.15, 0.2) is 6.10 Å². The van der Waals surface area contributed by atoms with Gasteiger partial charge >= 0.3 is 0 Å². The van der Waals surface area contributed by atoms with Crippen LogP contribution < -0.4 is 10.1 Å². The van der Waals surface area contributed by atoms with Crippen LogP contribution in [0.2, 0.25) is 0 Å². The Morgan fingerprint density at radius 3 is 2.93 bits per heavy atom. The highest BCUT2D eigenvalue weighted by Crippen LogP contribution is 2.29. The number of carbonyl (C=O) groups is 1. The second-order valence-corrected chi connectivity index (χ2v) is 7.52. The summed E-state index contributed by atoms with van der Waals surface area (Å²) in [6, 6.07) is 1.99.